The second kappa shape index (κ2) is 10.8. The standard InChI is InChI=1S/C12H22O11.2Fe/c13-1-3-5(15)6(16)9(19)12(22-3)23-10-4(2-14)21-11(20)8(18)7(10)17;;/h3-20H,1-2H2;;/t3-,4-,5-,6+,7-,8-,9-,10-,11-,12-;;/m1../s1. The molecule has 0 radical (unpaired) electrons. The second-order valence-corrected chi connectivity index (χ2v) is 5.53. The van der Waals surface area contributed by atoms with Crippen LogP contribution in [0.25, 0.3) is 0 Å². The molecule has 0 unspecified atom stereocenters. The van der Waals surface area contributed by atoms with Crippen molar-refractivity contribution in [3.63, 3.8) is 0 Å². The third-order valence-corrected chi connectivity index (χ3v) is 3.98. The Morgan fingerprint density at radius 1 is 0.640 bits per heavy atom. The molecule has 0 amide bonds. The first-order valence-electron chi connectivity index (χ1n) is 7.08. The molecule has 25 heavy (non-hydrogen) atoms. The molecule has 0 spiro atoms. The van der Waals surface area contributed by atoms with Gasteiger partial charge in [0, 0.05) is 34.1 Å². The maximum Gasteiger partial charge on any atom is 0.187 e. The number of hydrogen-bond donors (Lipinski definition) is 8. The van der Waals surface area contributed by atoms with Crippen LogP contribution < -0.4 is 0 Å². The van der Waals surface area contributed by atoms with Crippen molar-refractivity contribution in [3.8, 4) is 0 Å². The average molecular weight is 454 g/mol. The maximum absolute atomic E-state index is 9.94. The van der Waals surface area contributed by atoms with Gasteiger partial charge in [0.15, 0.2) is 12.6 Å². The molecule has 2 fully saturated rings. The van der Waals surface area contributed by atoms with Gasteiger partial charge in [0.05, 0.1) is 13.2 Å². The van der Waals surface area contributed by atoms with Gasteiger partial charge >= 0.3 is 0 Å². The molecular formula is C12H22Fe2O11. The summed E-state index contributed by atoms with van der Waals surface area (Å²) in [7, 11) is 0. The van der Waals surface area contributed by atoms with E-state index in [-0.39, 0.29) is 34.1 Å². The van der Waals surface area contributed by atoms with Gasteiger partial charge < -0.3 is 55.1 Å². The van der Waals surface area contributed by atoms with Gasteiger partial charge in [0.1, 0.15) is 48.8 Å². The van der Waals surface area contributed by atoms with E-state index in [4.69, 9.17) is 19.3 Å². The van der Waals surface area contributed by atoms with Gasteiger partial charge in [-0.15, -0.1) is 0 Å². The van der Waals surface area contributed by atoms with Crippen molar-refractivity contribution in [1.29, 1.82) is 0 Å². The SMILES string of the molecule is OC[C@H]1O[C@H](O[C@H]2[C@H](O)[C@@H](O)[C@H](O)O[C@@H]2CO)[C@H](O)[C@@H](O)[C@@H]1O.[Fe].[Fe]. The van der Waals surface area contributed by atoms with Gasteiger partial charge in [0.25, 0.3) is 0 Å². The molecule has 152 valence electrons. The first kappa shape index (κ1) is 25.6. The van der Waals surface area contributed by atoms with E-state index in [2.05, 4.69) is 0 Å². The fraction of sp³-hybridized carbons (Fsp3) is 1.00. The van der Waals surface area contributed by atoms with E-state index >= 15 is 0 Å². The van der Waals surface area contributed by atoms with E-state index < -0.39 is 74.6 Å². The summed E-state index contributed by atoms with van der Waals surface area (Å²) < 4.78 is 15.3. The summed E-state index contributed by atoms with van der Waals surface area (Å²) in [6, 6.07) is 0. The van der Waals surface area contributed by atoms with Crippen LogP contribution in [0, 0.1) is 0 Å². The maximum atomic E-state index is 9.94. The minimum atomic E-state index is -1.74. The van der Waals surface area contributed by atoms with Gasteiger partial charge in [-0.2, -0.15) is 0 Å². The van der Waals surface area contributed by atoms with Crippen molar-refractivity contribution in [2.75, 3.05) is 13.2 Å². The van der Waals surface area contributed by atoms with Gasteiger partial charge in [0.2, 0.25) is 0 Å². The fourth-order valence-electron chi connectivity index (χ4n) is 2.57. The molecule has 2 rings (SSSR count). The topological polar surface area (TPSA) is 190 Å². The summed E-state index contributed by atoms with van der Waals surface area (Å²) in [4.78, 5) is 0. The molecule has 2 heterocycles. The minimum absolute atomic E-state index is 0. The van der Waals surface area contributed by atoms with Crippen LogP contribution in [0.5, 0.6) is 0 Å². The molecule has 8 N–H and O–H groups in total. The Bertz CT molecular complexity index is 388. The summed E-state index contributed by atoms with van der Waals surface area (Å²) in [6.45, 7) is -1.35. The molecule has 0 bridgehead atoms. The smallest absolute Gasteiger partial charge is 0.187 e. The molecule has 11 nitrogen and oxygen atoms in total. The van der Waals surface area contributed by atoms with Crippen LogP contribution in [-0.2, 0) is 48.3 Å². The van der Waals surface area contributed by atoms with E-state index in [1.807, 2.05) is 0 Å². The quantitative estimate of drug-likeness (QED) is 0.189. The largest absolute Gasteiger partial charge is 0.394 e. The number of aliphatic hydroxyl groups is 8. The Kier molecular flexibility index (Phi) is 11.1. The first-order chi connectivity index (χ1) is 10.8. The fourth-order valence-corrected chi connectivity index (χ4v) is 2.57. The van der Waals surface area contributed by atoms with Crippen molar-refractivity contribution < 1.29 is 89.2 Å². The molecule has 13 heteroatoms. The van der Waals surface area contributed by atoms with E-state index in [0.29, 0.717) is 0 Å². The molecule has 10 atom stereocenters. The summed E-state index contributed by atoms with van der Waals surface area (Å²) in [5.74, 6) is 0. The molecule has 0 aliphatic carbocycles. The van der Waals surface area contributed by atoms with Crippen molar-refractivity contribution in [2.45, 2.75) is 61.4 Å². The van der Waals surface area contributed by atoms with E-state index in [1.165, 1.54) is 0 Å². The molecule has 2 saturated heterocycles. The van der Waals surface area contributed by atoms with Crippen molar-refractivity contribution in [3.05, 3.63) is 0 Å². The molecule has 0 saturated carbocycles. The third kappa shape index (κ3) is 5.32. The minimum Gasteiger partial charge on any atom is -0.394 e. The van der Waals surface area contributed by atoms with Crippen molar-refractivity contribution >= 4 is 0 Å². The van der Waals surface area contributed by atoms with Gasteiger partial charge in [-0.1, -0.05) is 0 Å². The normalized spacial score (nSPS) is 47.5. The molecule has 0 aromatic heterocycles. The monoisotopic (exact) mass is 454 g/mol. The van der Waals surface area contributed by atoms with Crippen LogP contribution in [-0.4, -0.2) is 115 Å². The second-order valence-electron chi connectivity index (χ2n) is 5.53. The molecule has 2 aliphatic heterocycles. The van der Waals surface area contributed by atoms with Crippen molar-refractivity contribution in [2.24, 2.45) is 0 Å². The van der Waals surface area contributed by atoms with E-state index in [0.717, 1.165) is 0 Å². The predicted molar refractivity (Wildman–Crippen MR) is 68.6 cm³/mol. The van der Waals surface area contributed by atoms with Crippen LogP contribution in [0.15, 0.2) is 0 Å². The van der Waals surface area contributed by atoms with E-state index in [1.54, 1.807) is 0 Å². The predicted octanol–water partition coefficient (Wildman–Crippen LogP) is -5.40. The van der Waals surface area contributed by atoms with Crippen LogP contribution in [0.1, 0.15) is 0 Å². The Morgan fingerprint density at radius 2 is 1.20 bits per heavy atom. The molecular weight excluding hydrogens is 432 g/mol. The Hall–Kier alpha value is 0.599. The zero-order chi connectivity index (χ0) is 17.3. The molecule has 2 aliphatic rings. The molecule has 0 aromatic rings. The average Bonchev–Trinajstić information content (AvgIpc) is 2.55. The number of hydrogen-bond acceptors (Lipinski definition) is 11. The third-order valence-electron chi connectivity index (χ3n) is 3.98. The van der Waals surface area contributed by atoms with Crippen LogP contribution in [0.4, 0.5) is 0 Å². The summed E-state index contributed by atoms with van der Waals surface area (Å²) in [5.41, 5.74) is 0. The Labute approximate surface area is 164 Å². The number of ether oxygens (including phenoxy) is 3. The zero-order valence-electron chi connectivity index (χ0n) is 12.7. The Morgan fingerprint density at radius 3 is 1.72 bits per heavy atom. The van der Waals surface area contributed by atoms with Crippen molar-refractivity contribution in [1.82, 2.24) is 0 Å². The van der Waals surface area contributed by atoms with Gasteiger partial charge in [-0.25, -0.2) is 0 Å². The van der Waals surface area contributed by atoms with E-state index in [9.17, 15) is 35.7 Å². The molecule has 0 aromatic carbocycles. The summed E-state index contributed by atoms with van der Waals surface area (Å²) in [5, 5.41) is 76.5. The summed E-state index contributed by atoms with van der Waals surface area (Å²) in [6.07, 6.45) is -15.6. The first-order valence-corrected chi connectivity index (χ1v) is 7.08. The van der Waals surface area contributed by atoms with Crippen LogP contribution in [0.3, 0.4) is 0 Å². The summed E-state index contributed by atoms with van der Waals surface area (Å²) >= 11 is 0. The zero-order valence-corrected chi connectivity index (χ0v) is 14.9. The Balaban J connectivity index is 0.00000288. The number of rotatable bonds is 4. The van der Waals surface area contributed by atoms with Crippen LogP contribution >= 0.6 is 0 Å². The number of aliphatic hydroxyl groups excluding tert-OH is 8. The van der Waals surface area contributed by atoms with Gasteiger partial charge in [-0.05, 0) is 0 Å². The van der Waals surface area contributed by atoms with Crippen LogP contribution in [0.2, 0.25) is 0 Å². The van der Waals surface area contributed by atoms with Gasteiger partial charge in [-0.3, -0.25) is 0 Å².